The molecule has 11 heteroatoms. The van der Waals surface area contributed by atoms with Crippen LogP contribution in [0.2, 0.25) is 0 Å². The molecule has 1 saturated heterocycles. The van der Waals surface area contributed by atoms with E-state index >= 15 is 0 Å². The zero-order chi connectivity index (χ0) is 18.7. The average molecular weight is 376 g/mol. The van der Waals surface area contributed by atoms with Crippen LogP contribution in [0.4, 0.5) is 0 Å². The highest BCUT2D eigenvalue weighted by atomic mass is 31.2. The molecule has 0 aromatic carbocycles. The number of aliphatic hydroxyl groups is 1. The van der Waals surface area contributed by atoms with E-state index in [1.807, 2.05) is 0 Å². The van der Waals surface area contributed by atoms with Gasteiger partial charge >= 0.3 is 13.3 Å². The molecule has 2 N–H and O–H groups in total. The van der Waals surface area contributed by atoms with Gasteiger partial charge in [0.2, 0.25) is 0 Å². The van der Waals surface area contributed by atoms with Crippen molar-refractivity contribution in [2.24, 2.45) is 0 Å². The molecule has 25 heavy (non-hydrogen) atoms. The fourth-order valence-corrected chi connectivity index (χ4v) is 3.76. The van der Waals surface area contributed by atoms with E-state index < -0.39 is 37.0 Å². The Labute approximate surface area is 143 Å². The number of methoxy groups -OCH3 is 1. The number of nitrogens with one attached hydrogen (secondary N) is 1. The minimum Gasteiger partial charge on any atom is -0.382 e. The summed E-state index contributed by atoms with van der Waals surface area (Å²) in [5.74, 6) is -0.597. The first-order valence-electron chi connectivity index (χ1n) is 7.63. The highest BCUT2D eigenvalue weighted by molar-refractivity contribution is 7.57. The molecule has 0 bridgehead atoms. The number of rotatable bonds is 8. The van der Waals surface area contributed by atoms with Crippen LogP contribution in [0.25, 0.3) is 0 Å². The van der Waals surface area contributed by atoms with E-state index in [9.17, 15) is 19.3 Å². The van der Waals surface area contributed by atoms with E-state index in [1.165, 1.54) is 19.0 Å². The zero-order valence-corrected chi connectivity index (χ0v) is 15.0. The maximum atomic E-state index is 12.4. The van der Waals surface area contributed by atoms with Crippen LogP contribution in [0.15, 0.2) is 33.7 Å². The van der Waals surface area contributed by atoms with Gasteiger partial charge in [-0.05, 0) is 19.9 Å². The molecule has 1 aliphatic heterocycles. The minimum atomic E-state index is -3.45. The third kappa shape index (κ3) is 3.84. The molecule has 140 valence electrons. The topological polar surface area (TPSA) is 129 Å². The quantitative estimate of drug-likeness (QED) is 0.621. The van der Waals surface area contributed by atoms with Gasteiger partial charge in [-0.25, -0.2) is 9.36 Å². The molecular weight excluding hydrogens is 355 g/mol. The first-order valence-corrected chi connectivity index (χ1v) is 9.24. The number of nitrogens with zero attached hydrogens (tertiary/aromatic N) is 1. The standard InChI is InChI=1S/C14H21N2O8P/c1-4-22-25(20,23-5-2)9-7-10-12(18)14(21-3,24-10)16-8-6-11(17)15-13(16)19/h6-10,12,18H,4-5H2,1-3H3,(H,15,17,19)/b9-7+/t10?,12-,14?/m0/s1. The summed E-state index contributed by atoms with van der Waals surface area (Å²) in [6.45, 7) is 3.72. The predicted molar refractivity (Wildman–Crippen MR) is 87.2 cm³/mol. The van der Waals surface area contributed by atoms with Crippen molar-refractivity contribution in [1.29, 1.82) is 0 Å². The number of hydrogen-bond acceptors (Lipinski definition) is 8. The van der Waals surface area contributed by atoms with Gasteiger partial charge in [0, 0.05) is 25.2 Å². The first kappa shape index (κ1) is 19.8. The van der Waals surface area contributed by atoms with E-state index in [4.69, 9.17) is 18.5 Å². The van der Waals surface area contributed by atoms with E-state index in [-0.39, 0.29) is 13.2 Å². The summed E-state index contributed by atoms with van der Waals surface area (Å²) in [5.41, 5.74) is -1.39. The summed E-state index contributed by atoms with van der Waals surface area (Å²) < 4.78 is 34.1. The highest BCUT2D eigenvalue weighted by Gasteiger charge is 2.57. The molecular formula is C14H21N2O8P. The number of aromatic amines is 1. The fraction of sp³-hybridized carbons (Fsp3) is 0.571. The lowest BCUT2D eigenvalue weighted by Crippen LogP contribution is -2.68. The van der Waals surface area contributed by atoms with Crippen LogP contribution < -0.4 is 11.2 Å². The summed E-state index contributed by atoms with van der Waals surface area (Å²) in [7, 11) is -2.20. The fourth-order valence-electron chi connectivity index (χ4n) is 2.41. The molecule has 1 aromatic rings. The van der Waals surface area contributed by atoms with Gasteiger partial charge in [0.15, 0.2) is 6.10 Å². The molecule has 1 aliphatic rings. The molecule has 0 saturated carbocycles. The summed E-state index contributed by atoms with van der Waals surface area (Å²) in [6, 6.07) is 1.10. The molecule has 1 aromatic heterocycles. The second-order valence-corrected chi connectivity index (χ2v) is 6.95. The number of ether oxygens (including phenoxy) is 2. The highest BCUT2D eigenvalue weighted by Crippen LogP contribution is 2.50. The first-order chi connectivity index (χ1) is 11.8. The van der Waals surface area contributed by atoms with E-state index in [0.717, 1.165) is 16.8 Å². The summed E-state index contributed by atoms with van der Waals surface area (Å²) in [5, 5.41) is 10.4. The van der Waals surface area contributed by atoms with Crippen molar-refractivity contribution in [1.82, 2.24) is 9.55 Å². The van der Waals surface area contributed by atoms with Gasteiger partial charge in [0.1, 0.15) is 6.10 Å². The number of aliphatic hydroxyl groups excluding tert-OH is 1. The Balaban J connectivity index is 2.22. The molecule has 0 amide bonds. The van der Waals surface area contributed by atoms with E-state index in [1.54, 1.807) is 13.8 Å². The third-order valence-corrected chi connectivity index (χ3v) is 5.29. The number of H-pyrrole nitrogens is 1. The van der Waals surface area contributed by atoms with Crippen LogP contribution in [-0.2, 0) is 29.0 Å². The summed E-state index contributed by atoms with van der Waals surface area (Å²) >= 11 is 0. The van der Waals surface area contributed by atoms with E-state index in [0.29, 0.717) is 0 Å². The van der Waals surface area contributed by atoms with Gasteiger partial charge in [-0.1, -0.05) is 0 Å². The van der Waals surface area contributed by atoms with Gasteiger partial charge in [-0.3, -0.25) is 14.3 Å². The molecule has 2 unspecified atom stereocenters. The molecule has 1 fully saturated rings. The molecule has 10 nitrogen and oxygen atoms in total. The van der Waals surface area contributed by atoms with Gasteiger partial charge in [0.25, 0.3) is 11.5 Å². The lowest BCUT2D eigenvalue weighted by molar-refractivity contribution is -0.430. The molecule has 3 atom stereocenters. The third-order valence-electron chi connectivity index (χ3n) is 3.52. The van der Waals surface area contributed by atoms with Crippen molar-refractivity contribution >= 4 is 7.60 Å². The van der Waals surface area contributed by atoms with Crippen LogP contribution in [0, 0.1) is 0 Å². The molecule has 0 spiro atoms. The Morgan fingerprint density at radius 1 is 1.40 bits per heavy atom. The molecule has 0 radical (unpaired) electrons. The Morgan fingerprint density at radius 3 is 2.52 bits per heavy atom. The van der Waals surface area contributed by atoms with Crippen LogP contribution >= 0.6 is 7.60 Å². The van der Waals surface area contributed by atoms with Gasteiger partial charge in [-0.2, -0.15) is 0 Å². The van der Waals surface area contributed by atoms with Crippen LogP contribution in [0.1, 0.15) is 13.8 Å². The predicted octanol–water partition coefficient (Wildman–Crippen LogP) is 0.333. The van der Waals surface area contributed by atoms with Crippen molar-refractivity contribution in [3.8, 4) is 0 Å². The largest absolute Gasteiger partial charge is 0.382 e. The maximum absolute atomic E-state index is 12.4. The Hall–Kier alpha value is -1.55. The Bertz CT molecular complexity index is 778. The Kier molecular flexibility index (Phi) is 6.15. The van der Waals surface area contributed by atoms with Gasteiger partial charge in [-0.15, -0.1) is 0 Å². The lowest BCUT2D eigenvalue weighted by Gasteiger charge is -2.49. The van der Waals surface area contributed by atoms with Crippen LogP contribution in [-0.4, -0.2) is 47.2 Å². The monoisotopic (exact) mass is 376 g/mol. The zero-order valence-electron chi connectivity index (χ0n) is 14.1. The summed E-state index contributed by atoms with van der Waals surface area (Å²) in [6.07, 6.45) is 0.270. The maximum Gasteiger partial charge on any atom is 0.353 e. The molecule has 2 rings (SSSR count). The van der Waals surface area contributed by atoms with E-state index in [2.05, 4.69) is 4.98 Å². The van der Waals surface area contributed by atoms with Crippen molar-refractivity contribution < 1.29 is 28.2 Å². The van der Waals surface area contributed by atoms with Gasteiger partial charge < -0.3 is 23.6 Å². The SMILES string of the molecule is CCOP(=O)(/C=C/C1OC(OC)(n2ccc(=O)[nH]c2=O)[C@H]1O)OCC. The van der Waals surface area contributed by atoms with Crippen molar-refractivity contribution in [3.63, 3.8) is 0 Å². The number of hydrogen-bond donors (Lipinski definition) is 2. The smallest absolute Gasteiger partial charge is 0.353 e. The molecule has 2 heterocycles. The second-order valence-electron chi connectivity index (χ2n) is 5.06. The van der Waals surface area contributed by atoms with Crippen molar-refractivity contribution in [3.05, 3.63) is 45.0 Å². The average Bonchev–Trinajstić information content (AvgIpc) is 2.55. The molecule has 0 aliphatic carbocycles. The van der Waals surface area contributed by atoms with Gasteiger partial charge in [0.05, 0.1) is 13.2 Å². The normalized spacial score (nSPS) is 26.7. The van der Waals surface area contributed by atoms with Crippen LogP contribution in [0.3, 0.4) is 0 Å². The summed E-state index contributed by atoms with van der Waals surface area (Å²) in [4.78, 5) is 25.1. The van der Waals surface area contributed by atoms with Crippen molar-refractivity contribution in [2.75, 3.05) is 20.3 Å². The Morgan fingerprint density at radius 2 is 2.04 bits per heavy atom. The lowest BCUT2D eigenvalue weighted by atomic mass is 10.0. The number of aromatic nitrogens is 2. The van der Waals surface area contributed by atoms with Crippen LogP contribution in [0.5, 0.6) is 0 Å². The minimum absolute atomic E-state index is 0.185. The van der Waals surface area contributed by atoms with Crippen molar-refractivity contribution in [2.45, 2.75) is 32.0 Å². The second kappa shape index (κ2) is 7.77.